The molecule has 1 amide bonds. The normalized spacial score (nSPS) is 10.9. The number of nitrogens with zero attached hydrogens (tertiary/aromatic N) is 1. The van der Waals surface area contributed by atoms with Gasteiger partial charge in [0.15, 0.2) is 0 Å². The van der Waals surface area contributed by atoms with E-state index in [-0.39, 0.29) is 23.4 Å². The van der Waals surface area contributed by atoms with Gasteiger partial charge in [-0.2, -0.15) is 0 Å². The predicted molar refractivity (Wildman–Crippen MR) is 71.8 cm³/mol. The third kappa shape index (κ3) is 2.49. The number of rotatable bonds is 3. The van der Waals surface area contributed by atoms with Crippen molar-refractivity contribution in [1.29, 1.82) is 0 Å². The third-order valence-corrected chi connectivity index (χ3v) is 3.41. The summed E-state index contributed by atoms with van der Waals surface area (Å²) in [4.78, 5) is 12.8. The van der Waals surface area contributed by atoms with Gasteiger partial charge in [-0.3, -0.25) is 4.79 Å². The van der Waals surface area contributed by atoms with Crippen molar-refractivity contribution in [2.45, 2.75) is 19.9 Å². The monoisotopic (exact) mass is 285 g/mol. The molecule has 7 heteroatoms. The van der Waals surface area contributed by atoms with Gasteiger partial charge in [-0.05, 0) is 26.0 Å². The van der Waals surface area contributed by atoms with E-state index in [0.717, 1.165) is 4.88 Å². The van der Waals surface area contributed by atoms with Crippen LogP contribution in [0.15, 0.2) is 16.7 Å². The third-order valence-electron chi connectivity index (χ3n) is 2.17. The number of hydrogen-bond donors (Lipinski definition) is 2. The lowest BCUT2D eigenvalue weighted by Gasteiger charge is -2.07. The van der Waals surface area contributed by atoms with Crippen LogP contribution in [0.2, 0.25) is 4.34 Å². The molecule has 0 fully saturated rings. The van der Waals surface area contributed by atoms with Gasteiger partial charge in [-0.1, -0.05) is 16.8 Å². The number of anilines is 1. The molecule has 5 nitrogen and oxygen atoms in total. The Labute approximate surface area is 113 Å². The van der Waals surface area contributed by atoms with Crippen molar-refractivity contribution in [3.8, 4) is 10.6 Å². The van der Waals surface area contributed by atoms with E-state index >= 15 is 0 Å². The molecular formula is C11H12ClN3O2S. The minimum atomic E-state index is -0.303. The first-order valence-electron chi connectivity index (χ1n) is 5.30. The molecule has 0 aliphatic rings. The quantitative estimate of drug-likeness (QED) is 0.908. The summed E-state index contributed by atoms with van der Waals surface area (Å²) in [5, 5.41) is 6.57. The summed E-state index contributed by atoms with van der Waals surface area (Å²) in [6, 6.07) is 3.51. The lowest BCUT2D eigenvalue weighted by Crippen LogP contribution is -2.30. The number of aromatic nitrogens is 1. The fourth-order valence-corrected chi connectivity index (χ4v) is 2.50. The first-order chi connectivity index (χ1) is 8.49. The highest BCUT2D eigenvalue weighted by Crippen LogP contribution is 2.34. The molecule has 0 radical (unpaired) electrons. The van der Waals surface area contributed by atoms with E-state index in [2.05, 4.69) is 10.5 Å². The Morgan fingerprint density at radius 3 is 2.83 bits per heavy atom. The second kappa shape index (κ2) is 4.99. The zero-order valence-corrected chi connectivity index (χ0v) is 11.4. The predicted octanol–water partition coefficient (Wildman–Crippen LogP) is 2.78. The second-order valence-electron chi connectivity index (χ2n) is 4.00. The highest BCUT2D eigenvalue weighted by molar-refractivity contribution is 7.19. The lowest BCUT2D eigenvalue weighted by atomic mass is 10.2. The van der Waals surface area contributed by atoms with Crippen molar-refractivity contribution in [2.24, 2.45) is 0 Å². The zero-order valence-electron chi connectivity index (χ0n) is 9.86. The molecule has 0 saturated carbocycles. The molecule has 3 N–H and O–H groups in total. The lowest BCUT2D eigenvalue weighted by molar-refractivity contribution is 0.0944. The van der Waals surface area contributed by atoms with Crippen LogP contribution in [0.4, 0.5) is 5.88 Å². The van der Waals surface area contributed by atoms with Gasteiger partial charge in [0.1, 0.15) is 11.3 Å². The maximum atomic E-state index is 12.0. The number of nitrogens with one attached hydrogen (secondary N) is 1. The molecule has 0 aromatic carbocycles. The zero-order chi connectivity index (χ0) is 13.3. The number of nitrogen functional groups attached to an aromatic ring is 1. The molecule has 2 aromatic heterocycles. The average molecular weight is 286 g/mol. The Bertz CT molecular complexity index is 577. The van der Waals surface area contributed by atoms with Crippen molar-refractivity contribution in [2.75, 3.05) is 5.73 Å². The Hall–Kier alpha value is -1.53. The van der Waals surface area contributed by atoms with E-state index in [0.29, 0.717) is 10.0 Å². The Kier molecular flexibility index (Phi) is 3.58. The van der Waals surface area contributed by atoms with E-state index in [1.165, 1.54) is 11.3 Å². The summed E-state index contributed by atoms with van der Waals surface area (Å²) in [6.45, 7) is 3.73. The molecule has 0 spiro atoms. The summed E-state index contributed by atoms with van der Waals surface area (Å²) in [5.41, 5.74) is 6.31. The van der Waals surface area contributed by atoms with Gasteiger partial charge in [0, 0.05) is 6.04 Å². The van der Waals surface area contributed by atoms with Crippen molar-refractivity contribution in [3.05, 3.63) is 22.0 Å². The molecule has 96 valence electrons. The summed E-state index contributed by atoms with van der Waals surface area (Å²) in [5.74, 6) is -0.295. The number of hydrogen-bond acceptors (Lipinski definition) is 5. The van der Waals surface area contributed by atoms with Crippen molar-refractivity contribution >= 4 is 34.7 Å². The summed E-state index contributed by atoms with van der Waals surface area (Å²) >= 11 is 7.17. The van der Waals surface area contributed by atoms with E-state index in [1.807, 2.05) is 13.8 Å². The molecule has 2 heterocycles. The molecule has 0 atom stereocenters. The van der Waals surface area contributed by atoms with Gasteiger partial charge < -0.3 is 15.6 Å². The van der Waals surface area contributed by atoms with Crippen molar-refractivity contribution in [3.63, 3.8) is 0 Å². The number of amides is 1. The Morgan fingerprint density at radius 1 is 1.56 bits per heavy atom. The highest BCUT2D eigenvalue weighted by Gasteiger charge is 2.23. The van der Waals surface area contributed by atoms with Gasteiger partial charge >= 0.3 is 0 Å². The molecule has 0 aliphatic carbocycles. The Balaban J connectivity index is 2.41. The highest BCUT2D eigenvalue weighted by atomic mass is 35.5. The maximum absolute atomic E-state index is 12.0. The van der Waals surface area contributed by atoms with Gasteiger partial charge in [-0.25, -0.2) is 0 Å². The SMILES string of the molecule is CC(C)NC(=O)c1c(-c2ccc(Cl)s2)noc1N. The maximum Gasteiger partial charge on any atom is 0.259 e. The van der Waals surface area contributed by atoms with Gasteiger partial charge in [-0.15, -0.1) is 11.3 Å². The average Bonchev–Trinajstić information content (AvgIpc) is 2.83. The molecule has 0 bridgehead atoms. The molecule has 18 heavy (non-hydrogen) atoms. The van der Waals surface area contributed by atoms with Crippen LogP contribution in [0.5, 0.6) is 0 Å². The largest absolute Gasteiger partial charge is 0.367 e. The van der Waals surface area contributed by atoms with Crippen LogP contribution < -0.4 is 11.1 Å². The topological polar surface area (TPSA) is 81.2 Å². The minimum Gasteiger partial charge on any atom is -0.367 e. The summed E-state index contributed by atoms with van der Waals surface area (Å²) in [6.07, 6.45) is 0. The van der Waals surface area contributed by atoms with Crippen molar-refractivity contribution < 1.29 is 9.32 Å². The number of halogens is 1. The summed E-state index contributed by atoms with van der Waals surface area (Å²) < 4.78 is 5.51. The standard InChI is InChI=1S/C11H12ClN3O2S/c1-5(2)14-11(16)8-9(15-17-10(8)13)6-3-4-7(12)18-6/h3-5H,13H2,1-2H3,(H,14,16). The molecule has 0 saturated heterocycles. The van der Waals surface area contributed by atoms with Gasteiger partial charge in [0.2, 0.25) is 5.88 Å². The van der Waals surface area contributed by atoms with E-state index in [9.17, 15) is 4.79 Å². The van der Waals surface area contributed by atoms with E-state index in [4.69, 9.17) is 21.9 Å². The van der Waals surface area contributed by atoms with Crippen LogP contribution in [0.25, 0.3) is 10.6 Å². The Morgan fingerprint density at radius 2 is 2.28 bits per heavy atom. The molecule has 0 aliphatic heterocycles. The molecular weight excluding hydrogens is 274 g/mol. The van der Waals surface area contributed by atoms with Gasteiger partial charge in [0.25, 0.3) is 5.91 Å². The molecule has 2 rings (SSSR count). The van der Waals surface area contributed by atoms with Crippen LogP contribution in [0.3, 0.4) is 0 Å². The van der Waals surface area contributed by atoms with E-state index < -0.39 is 0 Å². The number of nitrogens with two attached hydrogens (primary N) is 1. The number of carbonyl (C=O) groups excluding carboxylic acids is 1. The number of carbonyl (C=O) groups is 1. The molecule has 0 unspecified atom stereocenters. The van der Waals surface area contributed by atoms with Crippen LogP contribution in [0, 0.1) is 0 Å². The second-order valence-corrected chi connectivity index (χ2v) is 5.72. The van der Waals surface area contributed by atoms with Gasteiger partial charge in [0.05, 0.1) is 9.21 Å². The minimum absolute atomic E-state index is 0.00609. The van der Waals surface area contributed by atoms with E-state index in [1.54, 1.807) is 12.1 Å². The number of thiophene rings is 1. The molecule has 2 aromatic rings. The van der Waals surface area contributed by atoms with Crippen LogP contribution in [-0.2, 0) is 0 Å². The van der Waals surface area contributed by atoms with Crippen LogP contribution in [-0.4, -0.2) is 17.1 Å². The first kappa shape index (κ1) is 12.9. The van der Waals surface area contributed by atoms with Crippen LogP contribution in [0.1, 0.15) is 24.2 Å². The fraction of sp³-hybridized carbons (Fsp3) is 0.273. The fourth-order valence-electron chi connectivity index (χ4n) is 1.47. The van der Waals surface area contributed by atoms with Crippen LogP contribution >= 0.6 is 22.9 Å². The van der Waals surface area contributed by atoms with Crippen molar-refractivity contribution in [1.82, 2.24) is 10.5 Å². The first-order valence-corrected chi connectivity index (χ1v) is 6.50. The summed E-state index contributed by atoms with van der Waals surface area (Å²) in [7, 11) is 0. The smallest absolute Gasteiger partial charge is 0.259 e.